The first-order valence-electron chi connectivity index (χ1n) is 5.91. The van der Waals surface area contributed by atoms with Crippen LogP contribution in [0.5, 0.6) is 0 Å². The number of anilines is 1. The number of nitriles is 2. The average Bonchev–Trinajstić information content (AvgIpc) is 2.43. The molecule has 0 aliphatic heterocycles. The van der Waals surface area contributed by atoms with Gasteiger partial charge >= 0.3 is 0 Å². The molecule has 0 aromatic heterocycles. The Labute approximate surface area is 108 Å². The van der Waals surface area contributed by atoms with Crippen molar-refractivity contribution in [1.82, 2.24) is 0 Å². The van der Waals surface area contributed by atoms with Crippen LogP contribution in [0.25, 0.3) is 0 Å². The van der Waals surface area contributed by atoms with Gasteiger partial charge in [-0.15, -0.1) is 0 Å². The molecule has 94 valence electrons. The van der Waals surface area contributed by atoms with Crippen molar-refractivity contribution in [3.05, 3.63) is 30.3 Å². The fourth-order valence-corrected chi connectivity index (χ4v) is 1.60. The minimum Gasteiger partial charge on any atom is -0.362 e. The Morgan fingerprint density at radius 1 is 1.17 bits per heavy atom. The summed E-state index contributed by atoms with van der Waals surface area (Å²) in [7, 11) is 0. The van der Waals surface area contributed by atoms with Gasteiger partial charge in [0.2, 0.25) is 0 Å². The highest BCUT2D eigenvalue weighted by Crippen LogP contribution is 2.15. The van der Waals surface area contributed by atoms with Crippen molar-refractivity contribution < 1.29 is 4.74 Å². The van der Waals surface area contributed by atoms with E-state index in [0.29, 0.717) is 13.2 Å². The maximum atomic E-state index is 9.04. The zero-order chi connectivity index (χ0) is 13.4. The van der Waals surface area contributed by atoms with E-state index in [2.05, 4.69) is 6.07 Å². The van der Waals surface area contributed by atoms with Gasteiger partial charge in [-0.05, 0) is 26.0 Å². The van der Waals surface area contributed by atoms with Crippen LogP contribution in [0.1, 0.15) is 13.8 Å². The zero-order valence-corrected chi connectivity index (χ0v) is 10.7. The molecule has 0 aliphatic carbocycles. The summed E-state index contributed by atoms with van der Waals surface area (Å²) in [6.07, 6.45) is -0.417. The molecular weight excluding hydrogens is 226 g/mol. The molecule has 2 unspecified atom stereocenters. The first-order chi connectivity index (χ1) is 8.69. The van der Waals surface area contributed by atoms with Crippen molar-refractivity contribution in [1.29, 1.82) is 10.5 Å². The molecule has 1 rings (SSSR count). The summed E-state index contributed by atoms with van der Waals surface area (Å²) in [5.41, 5.74) is 0.986. The Hall–Kier alpha value is -2.04. The molecule has 2 atom stereocenters. The van der Waals surface area contributed by atoms with Crippen LogP contribution in [0.3, 0.4) is 0 Å². The largest absolute Gasteiger partial charge is 0.362 e. The van der Waals surface area contributed by atoms with E-state index in [1.165, 1.54) is 0 Å². The maximum absolute atomic E-state index is 9.04. The van der Waals surface area contributed by atoms with Crippen LogP contribution in [0.15, 0.2) is 30.3 Å². The lowest BCUT2D eigenvalue weighted by atomic mass is 10.2. The summed E-state index contributed by atoms with van der Waals surface area (Å²) in [4.78, 5) is 1.96. The van der Waals surface area contributed by atoms with Gasteiger partial charge in [0.25, 0.3) is 0 Å². The second kappa shape index (κ2) is 7.32. The monoisotopic (exact) mass is 243 g/mol. The van der Waals surface area contributed by atoms with E-state index in [1.807, 2.05) is 48.2 Å². The average molecular weight is 243 g/mol. The standard InChI is InChI=1S/C14H17N3O/c1-12(10-15)17(8-9-18-13(2)11-16)14-6-4-3-5-7-14/h3-7,12-13H,8-9H2,1-2H3. The minimum atomic E-state index is -0.417. The molecule has 4 nitrogen and oxygen atoms in total. The van der Waals surface area contributed by atoms with Crippen molar-refractivity contribution >= 4 is 5.69 Å². The number of ether oxygens (including phenoxy) is 1. The minimum absolute atomic E-state index is 0.228. The van der Waals surface area contributed by atoms with Crippen molar-refractivity contribution in [3.8, 4) is 12.1 Å². The van der Waals surface area contributed by atoms with Gasteiger partial charge in [-0.3, -0.25) is 0 Å². The molecule has 1 aromatic rings. The molecule has 18 heavy (non-hydrogen) atoms. The lowest BCUT2D eigenvalue weighted by molar-refractivity contribution is 0.107. The zero-order valence-electron chi connectivity index (χ0n) is 10.7. The van der Waals surface area contributed by atoms with Crippen LogP contribution in [-0.4, -0.2) is 25.3 Å². The van der Waals surface area contributed by atoms with Gasteiger partial charge in [0.05, 0.1) is 18.7 Å². The van der Waals surface area contributed by atoms with Gasteiger partial charge in [0.15, 0.2) is 0 Å². The number of hydrogen-bond donors (Lipinski definition) is 0. The molecule has 0 N–H and O–H groups in total. The highest BCUT2D eigenvalue weighted by atomic mass is 16.5. The molecule has 0 heterocycles. The van der Waals surface area contributed by atoms with Crippen LogP contribution in [-0.2, 0) is 4.74 Å². The van der Waals surface area contributed by atoms with Crippen molar-refractivity contribution in [2.24, 2.45) is 0 Å². The van der Waals surface area contributed by atoms with E-state index >= 15 is 0 Å². The first-order valence-corrected chi connectivity index (χ1v) is 5.91. The molecule has 0 bridgehead atoms. The normalized spacial score (nSPS) is 13.1. The van der Waals surface area contributed by atoms with Gasteiger partial charge in [-0.1, -0.05) is 18.2 Å². The number of nitrogens with zero attached hydrogens (tertiary/aromatic N) is 3. The highest BCUT2D eigenvalue weighted by Gasteiger charge is 2.13. The second-order valence-electron chi connectivity index (χ2n) is 3.98. The maximum Gasteiger partial charge on any atom is 0.141 e. The Kier molecular flexibility index (Phi) is 5.70. The quantitative estimate of drug-likeness (QED) is 0.769. The number of para-hydroxylation sites is 1. The fourth-order valence-electron chi connectivity index (χ4n) is 1.60. The predicted molar refractivity (Wildman–Crippen MR) is 69.9 cm³/mol. The molecular formula is C14H17N3O. The second-order valence-corrected chi connectivity index (χ2v) is 3.98. The van der Waals surface area contributed by atoms with Crippen molar-refractivity contribution in [2.45, 2.75) is 26.0 Å². The number of benzene rings is 1. The van der Waals surface area contributed by atoms with Gasteiger partial charge in [-0.2, -0.15) is 10.5 Å². The molecule has 0 saturated carbocycles. The lowest BCUT2D eigenvalue weighted by Crippen LogP contribution is -2.35. The van der Waals surface area contributed by atoms with Crippen LogP contribution < -0.4 is 4.90 Å². The van der Waals surface area contributed by atoms with Crippen LogP contribution in [0.2, 0.25) is 0 Å². The fraction of sp³-hybridized carbons (Fsp3) is 0.429. The molecule has 0 spiro atoms. The topological polar surface area (TPSA) is 60.0 Å². The molecule has 0 fully saturated rings. The van der Waals surface area contributed by atoms with Crippen LogP contribution >= 0.6 is 0 Å². The summed E-state index contributed by atoms with van der Waals surface area (Å²) < 4.78 is 5.33. The Morgan fingerprint density at radius 3 is 2.39 bits per heavy atom. The predicted octanol–water partition coefficient (Wildman–Crippen LogP) is 2.33. The van der Waals surface area contributed by atoms with Crippen molar-refractivity contribution in [2.75, 3.05) is 18.1 Å². The number of hydrogen-bond acceptors (Lipinski definition) is 4. The van der Waals surface area contributed by atoms with Gasteiger partial charge in [0.1, 0.15) is 12.1 Å². The first kappa shape index (κ1) is 14.0. The molecule has 4 heteroatoms. The van der Waals surface area contributed by atoms with Crippen molar-refractivity contribution in [3.63, 3.8) is 0 Å². The van der Waals surface area contributed by atoms with Gasteiger partial charge < -0.3 is 9.64 Å². The van der Waals surface area contributed by atoms with E-state index in [4.69, 9.17) is 15.3 Å². The Bertz CT molecular complexity index is 433. The summed E-state index contributed by atoms with van der Waals surface area (Å²) in [6.45, 7) is 4.57. The summed E-state index contributed by atoms with van der Waals surface area (Å²) in [6, 6.07) is 13.7. The Morgan fingerprint density at radius 2 is 1.83 bits per heavy atom. The van der Waals surface area contributed by atoms with E-state index in [0.717, 1.165) is 5.69 Å². The summed E-state index contributed by atoms with van der Waals surface area (Å²) in [5.74, 6) is 0. The van der Waals surface area contributed by atoms with E-state index in [9.17, 15) is 0 Å². The molecule has 0 aliphatic rings. The molecule has 0 saturated heterocycles. The summed E-state index contributed by atoms with van der Waals surface area (Å²) >= 11 is 0. The van der Waals surface area contributed by atoms with Gasteiger partial charge in [0, 0.05) is 12.2 Å². The third-order valence-electron chi connectivity index (χ3n) is 2.62. The SMILES string of the molecule is CC(C#N)OCCN(c1ccccc1)C(C)C#N. The number of rotatable bonds is 6. The molecule has 1 aromatic carbocycles. The lowest BCUT2D eigenvalue weighted by Gasteiger charge is -2.27. The smallest absolute Gasteiger partial charge is 0.141 e. The van der Waals surface area contributed by atoms with Gasteiger partial charge in [-0.25, -0.2) is 0 Å². The highest BCUT2D eigenvalue weighted by molar-refractivity contribution is 5.48. The summed E-state index contributed by atoms with van der Waals surface area (Å²) in [5, 5.41) is 17.7. The van der Waals surface area contributed by atoms with E-state index < -0.39 is 6.10 Å². The molecule has 0 amide bonds. The van der Waals surface area contributed by atoms with Crippen LogP contribution in [0.4, 0.5) is 5.69 Å². The van der Waals surface area contributed by atoms with Crippen LogP contribution in [0, 0.1) is 22.7 Å². The third kappa shape index (κ3) is 4.08. The third-order valence-corrected chi connectivity index (χ3v) is 2.62. The molecule has 0 radical (unpaired) electrons. The Balaban J connectivity index is 2.64. The van der Waals surface area contributed by atoms with E-state index in [-0.39, 0.29) is 6.04 Å². The van der Waals surface area contributed by atoms with E-state index in [1.54, 1.807) is 6.92 Å².